The van der Waals surface area contributed by atoms with Gasteiger partial charge in [-0.1, -0.05) is 17.4 Å². The molecule has 0 aliphatic rings. The molecule has 0 aliphatic carbocycles. The van der Waals surface area contributed by atoms with Crippen LogP contribution in [-0.4, -0.2) is 58.3 Å². The van der Waals surface area contributed by atoms with Crippen molar-refractivity contribution in [2.75, 3.05) is 46.3 Å². The highest BCUT2D eigenvalue weighted by Crippen LogP contribution is 2.34. The molecule has 0 atom stereocenters. The van der Waals surface area contributed by atoms with Gasteiger partial charge in [-0.25, -0.2) is 9.78 Å². The molecule has 0 aliphatic heterocycles. The summed E-state index contributed by atoms with van der Waals surface area (Å²) in [5.74, 6) is 0.0779. The number of methoxy groups -OCH3 is 2. The number of carbonyl (C=O) groups is 2. The number of rotatable bonds is 7. The predicted molar refractivity (Wildman–Crippen MR) is 113 cm³/mol. The molecule has 0 saturated heterocycles. The Bertz CT molecular complexity index is 1010. The highest BCUT2D eigenvalue weighted by atomic mass is 32.1. The van der Waals surface area contributed by atoms with Crippen LogP contribution < -0.4 is 14.5 Å². The third-order valence-electron chi connectivity index (χ3n) is 4.46. The normalized spacial score (nSPS) is 10.9. The van der Waals surface area contributed by atoms with Gasteiger partial charge < -0.3 is 14.4 Å². The minimum absolute atomic E-state index is 0.166. The lowest BCUT2D eigenvalue weighted by molar-refractivity contribution is -0.856. The summed E-state index contributed by atoms with van der Waals surface area (Å²) in [6.07, 6.45) is 0. The Morgan fingerprint density at radius 2 is 1.76 bits per heavy atom. The molecule has 2 aromatic carbocycles. The van der Waals surface area contributed by atoms with Gasteiger partial charge in [-0.05, 0) is 36.4 Å². The summed E-state index contributed by atoms with van der Waals surface area (Å²) in [4.78, 5) is 32.5. The van der Waals surface area contributed by atoms with E-state index in [1.165, 1.54) is 23.3 Å². The number of para-hydroxylation sites is 1. The first-order valence-electron chi connectivity index (χ1n) is 9.17. The fraction of sp³-hybridized carbons (Fsp3) is 0.286. The van der Waals surface area contributed by atoms with Gasteiger partial charge in [0.15, 0.2) is 5.13 Å². The molecule has 8 heteroatoms. The Labute approximate surface area is 173 Å². The number of likely N-dealkylation sites (N-methyl/N-ethyl adjacent to an activating group) is 1. The van der Waals surface area contributed by atoms with Gasteiger partial charge in [-0.3, -0.25) is 9.69 Å². The summed E-state index contributed by atoms with van der Waals surface area (Å²) in [5.41, 5.74) is 1.63. The maximum Gasteiger partial charge on any atom is 0.337 e. The number of fused-ring (bicyclic) bond motifs is 1. The van der Waals surface area contributed by atoms with Crippen LogP contribution in [0, 0.1) is 0 Å². The first-order valence-corrected chi connectivity index (χ1v) is 9.99. The van der Waals surface area contributed by atoms with E-state index in [4.69, 9.17) is 9.47 Å². The second kappa shape index (κ2) is 9.02. The maximum atomic E-state index is 13.3. The smallest absolute Gasteiger partial charge is 0.337 e. The van der Waals surface area contributed by atoms with Gasteiger partial charge in [0.1, 0.15) is 11.3 Å². The Morgan fingerprint density at radius 3 is 2.38 bits per heavy atom. The van der Waals surface area contributed by atoms with Crippen LogP contribution in [0.1, 0.15) is 20.7 Å². The topological polar surface area (TPSA) is 73.2 Å². The standard InChI is InChI=1S/C21H23N3O4S/c1-23(2)12-13-24(19(25)14-8-10-15(11-9-14)20(26)28-4)21-22-18-16(27-3)6-5-7-17(18)29-21/h5-11H,12-13H2,1-4H3/p+1. The molecule has 0 saturated carbocycles. The number of hydrogen-bond acceptors (Lipinski definition) is 6. The Hall–Kier alpha value is -2.97. The monoisotopic (exact) mass is 414 g/mol. The highest BCUT2D eigenvalue weighted by Gasteiger charge is 2.23. The molecule has 0 radical (unpaired) electrons. The van der Waals surface area contributed by atoms with E-state index in [0.29, 0.717) is 28.6 Å². The molecule has 1 amide bonds. The van der Waals surface area contributed by atoms with E-state index in [1.807, 2.05) is 32.3 Å². The van der Waals surface area contributed by atoms with E-state index in [0.717, 1.165) is 16.8 Å². The second-order valence-corrected chi connectivity index (χ2v) is 7.80. The van der Waals surface area contributed by atoms with E-state index in [-0.39, 0.29) is 5.91 Å². The van der Waals surface area contributed by atoms with Crippen LogP contribution in [-0.2, 0) is 4.74 Å². The van der Waals surface area contributed by atoms with Gasteiger partial charge in [-0.2, -0.15) is 0 Å². The van der Waals surface area contributed by atoms with E-state index in [1.54, 1.807) is 36.3 Å². The van der Waals surface area contributed by atoms with Crippen molar-refractivity contribution < 1.29 is 24.0 Å². The maximum absolute atomic E-state index is 13.3. The second-order valence-electron chi connectivity index (χ2n) is 6.79. The Kier molecular flexibility index (Phi) is 6.46. The summed E-state index contributed by atoms with van der Waals surface area (Å²) in [6.45, 7) is 1.28. The van der Waals surface area contributed by atoms with Gasteiger partial charge in [0.2, 0.25) is 0 Å². The number of aromatic nitrogens is 1. The fourth-order valence-corrected chi connectivity index (χ4v) is 3.84. The molecule has 1 aromatic heterocycles. The molecule has 1 N–H and O–H groups in total. The average Bonchev–Trinajstić information content (AvgIpc) is 3.17. The van der Waals surface area contributed by atoms with Gasteiger partial charge >= 0.3 is 5.97 Å². The average molecular weight is 415 g/mol. The molecule has 3 aromatic rings. The lowest BCUT2D eigenvalue weighted by Gasteiger charge is -2.20. The lowest BCUT2D eigenvalue weighted by atomic mass is 10.1. The summed E-state index contributed by atoms with van der Waals surface area (Å²) in [6, 6.07) is 12.2. The molecule has 1 heterocycles. The number of nitrogens with zero attached hydrogens (tertiary/aromatic N) is 2. The number of hydrogen-bond donors (Lipinski definition) is 1. The van der Waals surface area contributed by atoms with Crippen LogP contribution >= 0.6 is 11.3 Å². The van der Waals surface area contributed by atoms with Crippen molar-refractivity contribution in [1.29, 1.82) is 0 Å². The van der Waals surface area contributed by atoms with E-state index >= 15 is 0 Å². The van der Waals surface area contributed by atoms with E-state index in [9.17, 15) is 9.59 Å². The molecular weight excluding hydrogens is 390 g/mol. The van der Waals surface area contributed by atoms with Crippen molar-refractivity contribution in [2.45, 2.75) is 0 Å². The van der Waals surface area contributed by atoms with Gasteiger partial charge in [0.05, 0.1) is 51.7 Å². The minimum Gasteiger partial charge on any atom is -0.494 e. The van der Waals surface area contributed by atoms with Crippen molar-refractivity contribution in [1.82, 2.24) is 4.98 Å². The first-order chi connectivity index (χ1) is 13.9. The molecule has 7 nitrogen and oxygen atoms in total. The van der Waals surface area contributed by atoms with Crippen molar-refractivity contribution >= 4 is 38.6 Å². The summed E-state index contributed by atoms with van der Waals surface area (Å²) < 4.78 is 11.1. The largest absolute Gasteiger partial charge is 0.494 e. The third kappa shape index (κ3) is 4.55. The third-order valence-corrected chi connectivity index (χ3v) is 5.50. The number of esters is 1. The summed E-state index contributed by atoms with van der Waals surface area (Å²) in [7, 11) is 7.01. The predicted octanol–water partition coefficient (Wildman–Crippen LogP) is 1.88. The minimum atomic E-state index is -0.435. The number of anilines is 1. The fourth-order valence-electron chi connectivity index (χ4n) is 2.83. The molecule has 3 rings (SSSR count). The summed E-state index contributed by atoms with van der Waals surface area (Å²) >= 11 is 1.45. The lowest BCUT2D eigenvalue weighted by Crippen LogP contribution is -3.06. The van der Waals surface area contributed by atoms with Crippen LogP contribution in [0.3, 0.4) is 0 Å². The van der Waals surface area contributed by atoms with Crippen LogP contribution in [0.5, 0.6) is 5.75 Å². The molecule has 0 unspecified atom stereocenters. The Morgan fingerprint density at radius 1 is 1.07 bits per heavy atom. The molecule has 0 bridgehead atoms. The van der Waals surface area contributed by atoms with Crippen molar-refractivity contribution in [3.05, 3.63) is 53.6 Å². The van der Waals surface area contributed by atoms with Crippen molar-refractivity contribution in [3.63, 3.8) is 0 Å². The molecule has 29 heavy (non-hydrogen) atoms. The van der Waals surface area contributed by atoms with Crippen LogP contribution in [0.15, 0.2) is 42.5 Å². The van der Waals surface area contributed by atoms with Gasteiger partial charge in [0.25, 0.3) is 5.91 Å². The van der Waals surface area contributed by atoms with Crippen LogP contribution in [0.2, 0.25) is 0 Å². The Balaban J connectivity index is 1.96. The van der Waals surface area contributed by atoms with Crippen LogP contribution in [0.25, 0.3) is 10.2 Å². The quantitative estimate of drug-likeness (QED) is 0.598. The van der Waals surface area contributed by atoms with Crippen LogP contribution in [0.4, 0.5) is 5.13 Å². The molecule has 0 fully saturated rings. The van der Waals surface area contributed by atoms with Crippen molar-refractivity contribution in [2.24, 2.45) is 0 Å². The number of thiazole rings is 1. The SMILES string of the molecule is COC(=O)c1ccc(C(=O)N(CC[NH+](C)C)c2nc3c(OC)cccc3s2)cc1. The number of quaternary nitrogens is 1. The van der Waals surface area contributed by atoms with Crippen molar-refractivity contribution in [3.8, 4) is 5.75 Å². The zero-order valence-corrected chi connectivity index (χ0v) is 17.7. The van der Waals surface area contributed by atoms with Gasteiger partial charge in [-0.15, -0.1) is 0 Å². The number of amides is 1. The number of ether oxygens (including phenoxy) is 2. The molecule has 0 spiro atoms. The van der Waals surface area contributed by atoms with E-state index in [2.05, 4.69) is 4.98 Å². The highest BCUT2D eigenvalue weighted by molar-refractivity contribution is 7.22. The number of carbonyl (C=O) groups excluding carboxylic acids is 2. The molecule has 152 valence electrons. The first kappa shape index (κ1) is 20.8. The zero-order chi connectivity index (χ0) is 21.0. The van der Waals surface area contributed by atoms with E-state index < -0.39 is 5.97 Å². The number of benzene rings is 2. The summed E-state index contributed by atoms with van der Waals surface area (Å²) in [5, 5.41) is 0.618. The molecular formula is C21H24N3O4S+. The zero-order valence-electron chi connectivity index (χ0n) is 16.9. The van der Waals surface area contributed by atoms with Gasteiger partial charge in [0, 0.05) is 5.56 Å². The number of nitrogens with one attached hydrogen (secondary N) is 1.